The van der Waals surface area contributed by atoms with Crippen LogP contribution in [0.15, 0.2) is 21.3 Å². The summed E-state index contributed by atoms with van der Waals surface area (Å²) >= 11 is 0. The molecular formula is C18H21NO7S. The van der Waals surface area contributed by atoms with Crippen molar-refractivity contribution < 1.29 is 27.1 Å². The molecule has 2 aromatic rings. The maximum Gasteiger partial charge on any atom is 0.340 e. The van der Waals surface area contributed by atoms with Gasteiger partial charge in [-0.15, -0.1) is 0 Å². The number of methoxy groups -OCH3 is 2. The first kappa shape index (κ1) is 19.2. The Hall–Kier alpha value is -2.55. The van der Waals surface area contributed by atoms with Gasteiger partial charge in [0.15, 0.2) is 21.2 Å². The van der Waals surface area contributed by atoms with E-state index >= 15 is 0 Å². The average Bonchev–Trinajstić information content (AvgIpc) is 2.95. The molecule has 2 heterocycles. The molecule has 0 radical (unpaired) electrons. The molecule has 1 aromatic heterocycles. The summed E-state index contributed by atoms with van der Waals surface area (Å²) in [5, 5.41) is 3.32. The van der Waals surface area contributed by atoms with Crippen molar-refractivity contribution in [1.29, 1.82) is 0 Å². The summed E-state index contributed by atoms with van der Waals surface area (Å²) < 4.78 is 38.9. The Morgan fingerprint density at radius 3 is 2.63 bits per heavy atom. The lowest BCUT2D eigenvalue weighted by Crippen LogP contribution is -2.37. The lowest BCUT2D eigenvalue weighted by atomic mass is 10.0. The smallest absolute Gasteiger partial charge is 0.340 e. The summed E-state index contributed by atoms with van der Waals surface area (Å²) in [7, 11) is -0.163. The fraction of sp³-hybridized carbons (Fsp3) is 0.444. The van der Waals surface area contributed by atoms with Gasteiger partial charge in [-0.05, 0) is 31.0 Å². The highest BCUT2D eigenvalue weighted by Gasteiger charge is 2.29. The third kappa shape index (κ3) is 3.78. The van der Waals surface area contributed by atoms with Crippen LogP contribution in [0.25, 0.3) is 11.0 Å². The van der Waals surface area contributed by atoms with E-state index in [-0.39, 0.29) is 29.1 Å². The van der Waals surface area contributed by atoms with Crippen LogP contribution < -0.4 is 20.4 Å². The highest BCUT2D eigenvalue weighted by Crippen LogP contribution is 2.36. The number of rotatable bonds is 5. The molecule has 0 saturated carbocycles. The first-order chi connectivity index (χ1) is 12.8. The number of amides is 1. The number of hydrogen-bond donors (Lipinski definition) is 1. The summed E-state index contributed by atoms with van der Waals surface area (Å²) in [5.74, 6) is 0.327. The van der Waals surface area contributed by atoms with Gasteiger partial charge in [0.05, 0.1) is 37.7 Å². The second-order valence-electron chi connectivity index (χ2n) is 6.52. The van der Waals surface area contributed by atoms with Gasteiger partial charge in [0.25, 0.3) is 0 Å². The fourth-order valence-corrected chi connectivity index (χ4v) is 4.99. The minimum atomic E-state index is -3.09. The maximum absolute atomic E-state index is 12.5. The van der Waals surface area contributed by atoms with Crippen molar-refractivity contribution in [3.05, 3.63) is 33.7 Å². The molecule has 8 nitrogen and oxygen atoms in total. The van der Waals surface area contributed by atoms with Crippen LogP contribution in [0.3, 0.4) is 0 Å². The van der Waals surface area contributed by atoms with Crippen molar-refractivity contribution >= 4 is 26.7 Å². The third-order valence-corrected chi connectivity index (χ3v) is 6.50. The fourth-order valence-electron chi connectivity index (χ4n) is 3.32. The summed E-state index contributed by atoms with van der Waals surface area (Å²) in [5.41, 5.74) is 0.454. The number of hydrogen-bond acceptors (Lipinski definition) is 7. The predicted octanol–water partition coefficient (Wildman–Crippen LogP) is 0.964. The number of carbonyl (C=O) groups excluding carboxylic acids is 1. The van der Waals surface area contributed by atoms with Crippen LogP contribution in [0, 0.1) is 6.92 Å². The van der Waals surface area contributed by atoms with Crippen molar-refractivity contribution in [1.82, 2.24) is 5.32 Å². The first-order valence-corrected chi connectivity index (χ1v) is 10.2. The molecule has 1 amide bonds. The molecule has 1 aliphatic rings. The molecule has 1 aliphatic heterocycles. The van der Waals surface area contributed by atoms with E-state index in [0.29, 0.717) is 28.9 Å². The Labute approximate surface area is 156 Å². The molecule has 1 N–H and O–H groups in total. The van der Waals surface area contributed by atoms with Crippen molar-refractivity contribution in [3.63, 3.8) is 0 Å². The zero-order valence-corrected chi connectivity index (χ0v) is 16.1. The second kappa shape index (κ2) is 7.22. The van der Waals surface area contributed by atoms with Crippen LogP contribution in [0.1, 0.15) is 17.5 Å². The Balaban J connectivity index is 1.91. The van der Waals surface area contributed by atoms with Crippen LogP contribution in [-0.4, -0.2) is 46.1 Å². The first-order valence-electron chi connectivity index (χ1n) is 8.42. The zero-order valence-electron chi connectivity index (χ0n) is 15.3. The minimum Gasteiger partial charge on any atom is -0.493 e. The third-order valence-electron chi connectivity index (χ3n) is 4.73. The molecule has 1 saturated heterocycles. The molecule has 0 spiro atoms. The monoisotopic (exact) mass is 395 g/mol. The van der Waals surface area contributed by atoms with Crippen LogP contribution in [0.4, 0.5) is 0 Å². The molecule has 1 fully saturated rings. The molecule has 146 valence electrons. The molecule has 9 heteroatoms. The second-order valence-corrected chi connectivity index (χ2v) is 8.74. The van der Waals surface area contributed by atoms with E-state index in [4.69, 9.17) is 13.9 Å². The number of aryl methyl sites for hydroxylation is 1. The number of fused-ring (bicyclic) bond motifs is 1. The van der Waals surface area contributed by atoms with E-state index in [0.717, 1.165) is 0 Å². The van der Waals surface area contributed by atoms with E-state index in [9.17, 15) is 18.0 Å². The van der Waals surface area contributed by atoms with E-state index in [1.54, 1.807) is 19.1 Å². The summed E-state index contributed by atoms with van der Waals surface area (Å²) in [6, 6.07) is 3.01. The normalized spacial score (nSPS) is 18.4. The van der Waals surface area contributed by atoms with E-state index in [2.05, 4.69) is 5.32 Å². The molecule has 0 bridgehead atoms. The van der Waals surface area contributed by atoms with Gasteiger partial charge in [-0.1, -0.05) is 0 Å². The summed E-state index contributed by atoms with van der Waals surface area (Å²) in [6.45, 7) is 1.73. The standard InChI is InChI=1S/C18H21NO7S/c1-10-12-4-5-14(24-2)17(25-3)16(12)26-18(21)13(10)8-15(20)19-11-6-7-27(22,23)9-11/h4-5,11H,6-9H2,1-3H3,(H,19,20)/t11-/m1/s1. The van der Waals surface area contributed by atoms with Gasteiger partial charge in [-0.25, -0.2) is 13.2 Å². The van der Waals surface area contributed by atoms with Gasteiger partial charge in [0.2, 0.25) is 11.7 Å². The van der Waals surface area contributed by atoms with Crippen LogP contribution >= 0.6 is 0 Å². The Kier molecular flexibility index (Phi) is 5.14. The highest BCUT2D eigenvalue weighted by molar-refractivity contribution is 7.91. The summed E-state index contributed by atoms with van der Waals surface area (Å²) in [6.07, 6.45) is 0.200. The van der Waals surface area contributed by atoms with E-state index in [1.165, 1.54) is 14.2 Å². The lowest BCUT2D eigenvalue weighted by Gasteiger charge is -2.14. The van der Waals surface area contributed by atoms with Crippen molar-refractivity contribution in [3.8, 4) is 11.5 Å². The average molecular weight is 395 g/mol. The molecular weight excluding hydrogens is 374 g/mol. The Morgan fingerprint density at radius 2 is 2.04 bits per heavy atom. The molecule has 3 rings (SSSR count). The van der Waals surface area contributed by atoms with Gasteiger partial charge in [-0.2, -0.15) is 0 Å². The molecule has 0 aliphatic carbocycles. The van der Waals surface area contributed by atoms with Gasteiger partial charge in [0, 0.05) is 11.4 Å². The van der Waals surface area contributed by atoms with Crippen LogP contribution in [0.2, 0.25) is 0 Å². The number of ether oxygens (including phenoxy) is 2. The predicted molar refractivity (Wildman–Crippen MR) is 99.2 cm³/mol. The Bertz CT molecular complexity index is 1060. The van der Waals surface area contributed by atoms with E-state index < -0.39 is 27.4 Å². The zero-order chi connectivity index (χ0) is 19.8. The van der Waals surface area contributed by atoms with Crippen molar-refractivity contribution in [2.24, 2.45) is 0 Å². The van der Waals surface area contributed by atoms with E-state index in [1.807, 2.05) is 0 Å². The van der Waals surface area contributed by atoms with Gasteiger partial charge in [-0.3, -0.25) is 4.79 Å². The van der Waals surface area contributed by atoms with Gasteiger partial charge < -0.3 is 19.2 Å². The molecule has 0 unspecified atom stereocenters. The quantitative estimate of drug-likeness (QED) is 0.751. The number of benzene rings is 1. The maximum atomic E-state index is 12.5. The Morgan fingerprint density at radius 1 is 1.30 bits per heavy atom. The largest absolute Gasteiger partial charge is 0.493 e. The SMILES string of the molecule is COc1ccc2c(C)c(CC(=O)N[C@@H]3CCS(=O)(=O)C3)c(=O)oc2c1OC. The van der Waals surface area contributed by atoms with Crippen molar-refractivity contribution in [2.45, 2.75) is 25.8 Å². The van der Waals surface area contributed by atoms with Crippen molar-refractivity contribution in [2.75, 3.05) is 25.7 Å². The number of sulfone groups is 1. The number of nitrogens with one attached hydrogen (secondary N) is 1. The molecule has 27 heavy (non-hydrogen) atoms. The number of carbonyl (C=O) groups is 1. The minimum absolute atomic E-state index is 0.0662. The van der Waals surface area contributed by atoms with Crippen LogP contribution in [-0.2, 0) is 21.1 Å². The lowest BCUT2D eigenvalue weighted by molar-refractivity contribution is -0.121. The molecule has 1 aromatic carbocycles. The highest BCUT2D eigenvalue weighted by atomic mass is 32.2. The topological polar surface area (TPSA) is 112 Å². The summed E-state index contributed by atoms with van der Waals surface area (Å²) in [4.78, 5) is 24.8. The van der Waals surface area contributed by atoms with Gasteiger partial charge >= 0.3 is 5.63 Å². The van der Waals surface area contributed by atoms with Gasteiger partial charge in [0.1, 0.15) is 0 Å². The van der Waals surface area contributed by atoms with Crippen LogP contribution in [0.5, 0.6) is 11.5 Å². The molecule has 1 atom stereocenters.